The minimum Gasteiger partial charge on any atom is -0.368 e. The van der Waals surface area contributed by atoms with Crippen LogP contribution in [-0.2, 0) is 4.79 Å². The number of carbonyl (C=O) groups is 1. The summed E-state index contributed by atoms with van der Waals surface area (Å²) < 4.78 is 0. The zero-order valence-electron chi connectivity index (χ0n) is 9.06. The van der Waals surface area contributed by atoms with Gasteiger partial charge in [-0.15, -0.1) is 0 Å². The van der Waals surface area contributed by atoms with Crippen molar-refractivity contribution in [2.24, 2.45) is 0 Å². The van der Waals surface area contributed by atoms with Gasteiger partial charge in [0, 0.05) is 13.1 Å². The first-order chi connectivity index (χ1) is 7.56. The highest BCUT2D eigenvalue weighted by Crippen LogP contribution is 2.23. The van der Waals surface area contributed by atoms with Gasteiger partial charge in [-0.1, -0.05) is 12.1 Å². The van der Waals surface area contributed by atoms with E-state index in [2.05, 4.69) is 10.6 Å². The fourth-order valence-electron chi connectivity index (χ4n) is 1.27. The third-order valence-corrected chi connectivity index (χ3v) is 2.11. The first kappa shape index (κ1) is 12.0. The normalized spacial score (nSPS) is 11.6. The molecule has 86 valence electrons. The van der Waals surface area contributed by atoms with Crippen molar-refractivity contribution in [1.82, 2.24) is 5.32 Å². The molecule has 0 radical (unpaired) electrons. The SMILES string of the molecule is CNC(=O)C(C)Nc1ccccc1[N+](=O)[O-]. The van der Waals surface area contributed by atoms with Gasteiger partial charge in [-0.2, -0.15) is 0 Å². The molecule has 0 fully saturated rings. The van der Waals surface area contributed by atoms with Gasteiger partial charge in [-0.05, 0) is 13.0 Å². The quantitative estimate of drug-likeness (QED) is 0.592. The lowest BCUT2D eigenvalue weighted by molar-refractivity contribution is -0.384. The largest absolute Gasteiger partial charge is 0.368 e. The molecular weight excluding hydrogens is 210 g/mol. The minimum atomic E-state index is -0.522. The Bertz CT molecular complexity index is 406. The van der Waals surface area contributed by atoms with Crippen LogP contribution in [0.1, 0.15) is 6.92 Å². The minimum absolute atomic E-state index is 0.0433. The van der Waals surface area contributed by atoms with E-state index in [-0.39, 0.29) is 11.6 Å². The van der Waals surface area contributed by atoms with E-state index in [0.29, 0.717) is 5.69 Å². The van der Waals surface area contributed by atoms with Gasteiger partial charge in [0.1, 0.15) is 11.7 Å². The van der Waals surface area contributed by atoms with Crippen molar-refractivity contribution >= 4 is 17.3 Å². The Labute approximate surface area is 92.8 Å². The van der Waals surface area contributed by atoms with Gasteiger partial charge in [0.05, 0.1) is 4.92 Å². The van der Waals surface area contributed by atoms with Crippen LogP contribution in [0.3, 0.4) is 0 Å². The fraction of sp³-hybridized carbons (Fsp3) is 0.300. The van der Waals surface area contributed by atoms with Crippen molar-refractivity contribution in [3.63, 3.8) is 0 Å². The molecule has 6 nitrogen and oxygen atoms in total. The van der Waals surface area contributed by atoms with E-state index < -0.39 is 11.0 Å². The van der Waals surface area contributed by atoms with Crippen LogP contribution in [0, 0.1) is 10.1 Å². The molecule has 0 aliphatic carbocycles. The van der Waals surface area contributed by atoms with Gasteiger partial charge >= 0.3 is 0 Å². The van der Waals surface area contributed by atoms with Gasteiger partial charge in [0.15, 0.2) is 0 Å². The lowest BCUT2D eigenvalue weighted by Gasteiger charge is -2.13. The molecule has 16 heavy (non-hydrogen) atoms. The Kier molecular flexibility index (Phi) is 3.82. The summed E-state index contributed by atoms with van der Waals surface area (Å²) in [5.74, 6) is -0.224. The summed E-state index contributed by atoms with van der Waals surface area (Å²) in [6.45, 7) is 1.63. The maximum Gasteiger partial charge on any atom is 0.292 e. The maximum atomic E-state index is 11.3. The Morgan fingerprint density at radius 2 is 2.06 bits per heavy atom. The third kappa shape index (κ3) is 2.69. The molecule has 1 unspecified atom stereocenters. The van der Waals surface area contributed by atoms with Crippen molar-refractivity contribution < 1.29 is 9.72 Å². The number of likely N-dealkylation sites (N-methyl/N-ethyl adjacent to an activating group) is 1. The zero-order chi connectivity index (χ0) is 12.1. The van der Waals surface area contributed by atoms with Gasteiger partial charge < -0.3 is 10.6 Å². The Balaban J connectivity index is 2.88. The van der Waals surface area contributed by atoms with Crippen LogP contribution in [-0.4, -0.2) is 23.9 Å². The van der Waals surface area contributed by atoms with Crippen LogP contribution >= 0.6 is 0 Å². The van der Waals surface area contributed by atoms with Crippen LogP contribution in [0.2, 0.25) is 0 Å². The summed E-state index contributed by atoms with van der Waals surface area (Å²) >= 11 is 0. The molecule has 1 rings (SSSR count). The molecule has 0 heterocycles. The van der Waals surface area contributed by atoms with E-state index >= 15 is 0 Å². The first-order valence-electron chi connectivity index (χ1n) is 4.77. The van der Waals surface area contributed by atoms with E-state index in [9.17, 15) is 14.9 Å². The molecule has 2 N–H and O–H groups in total. The molecule has 1 aromatic carbocycles. The summed E-state index contributed by atoms with van der Waals surface area (Å²) in [7, 11) is 1.51. The summed E-state index contributed by atoms with van der Waals surface area (Å²) in [6, 6.07) is 5.68. The van der Waals surface area contributed by atoms with Crippen molar-refractivity contribution in [3.8, 4) is 0 Å². The molecule has 0 aromatic heterocycles. The number of hydrogen-bond acceptors (Lipinski definition) is 4. The Morgan fingerprint density at radius 3 is 2.62 bits per heavy atom. The third-order valence-electron chi connectivity index (χ3n) is 2.11. The van der Waals surface area contributed by atoms with Crippen molar-refractivity contribution in [3.05, 3.63) is 34.4 Å². The number of rotatable bonds is 4. The lowest BCUT2D eigenvalue weighted by atomic mass is 10.2. The molecule has 0 spiro atoms. The average molecular weight is 223 g/mol. The second kappa shape index (κ2) is 5.11. The molecule has 0 aliphatic rings. The van der Waals surface area contributed by atoms with E-state index in [0.717, 1.165) is 0 Å². The Morgan fingerprint density at radius 1 is 1.44 bits per heavy atom. The number of carbonyl (C=O) groups excluding carboxylic acids is 1. The van der Waals surface area contributed by atoms with Crippen LogP contribution in [0.15, 0.2) is 24.3 Å². The molecule has 6 heteroatoms. The molecule has 0 aliphatic heterocycles. The highest BCUT2D eigenvalue weighted by atomic mass is 16.6. The zero-order valence-corrected chi connectivity index (χ0v) is 9.06. The van der Waals surface area contributed by atoms with Crippen LogP contribution in [0.4, 0.5) is 11.4 Å². The number of hydrogen-bond donors (Lipinski definition) is 2. The van der Waals surface area contributed by atoms with Crippen molar-refractivity contribution in [2.45, 2.75) is 13.0 Å². The summed E-state index contributed by atoms with van der Waals surface area (Å²) in [5, 5.41) is 16.0. The fourth-order valence-corrected chi connectivity index (χ4v) is 1.27. The summed E-state index contributed by atoms with van der Waals surface area (Å²) in [6.07, 6.45) is 0. The summed E-state index contributed by atoms with van der Waals surface area (Å²) in [4.78, 5) is 21.5. The molecule has 1 aromatic rings. The number of benzene rings is 1. The van der Waals surface area contributed by atoms with E-state index in [4.69, 9.17) is 0 Å². The van der Waals surface area contributed by atoms with E-state index in [1.165, 1.54) is 13.1 Å². The number of amides is 1. The molecule has 0 saturated carbocycles. The van der Waals surface area contributed by atoms with Gasteiger partial charge in [0.2, 0.25) is 5.91 Å². The van der Waals surface area contributed by atoms with Gasteiger partial charge in [0.25, 0.3) is 5.69 Å². The smallest absolute Gasteiger partial charge is 0.292 e. The predicted octanol–water partition coefficient (Wildman–Crippen LogP) is 1.14. The van der Waals surface area contributed by atoms with Gasteiger partial charge in [-0.25, -0.2) is 0 Å². The molecule has 1 atom stereocenters. The van der Waals surface area contributed by atoms with Crippen LogP contribution in [0.25, 0.3) is 0 Å². The van der Waals surface area contributed by atoms with E-state index in [1.54, 1.807) is 25.1 Å². The highest BCUT2D eigenvalue weighted by molar-refractivity contribution is 5.84. The van der Waals surface area contributed by atoms with Crippen LogP contribution < -0.4 is 10.6 Å². The number of anilines is 1. The van der Waals surface area contributed by atoms with Crippen molar-refractivity contribution in [1.29, 1.82) is 0 Å². The number of nitrogens with zero attached hydrogens (tertiary/aromatic N) is 1. The highest BCUT2D eigenvalue weighted by Gasteiger charge is 2.17. The summed E-state index contributed by atoms with van der Waals surface area (Å²) in [5.41, 5.74) is 0.293. The predicted molar refractivity (Wildman–Crippen MR) is 60.2 cm³/mol. The second-order valence-electron chi connectivity index (χ2n) is 3.25. The molecule has 0 saturated heterocycles. The monoisotopic (exact) mass is 223 g/mol. The standard InChI is InChI=1S/C10H13N3O3/c1-7(10(14)11-2)12-8-5-3-4-6-9(8)13(15)16/h3-7,12H,1-2H3,(H,11,14). The first-order valence-corrected chi connectivity index (χ1v) is 4.77. The maximum absolute atomic E-state index is 11.3. The molecule has 1 amide bonds. The average Bonchev–Trinajstić information content (AvgIpc) is 2.28. The number of nitro groups is 1. The topological polar surface area (TPSA) is 84.3 Å². The Hall–Kier alpha value is -2.11. The van der Waals surface area contributed by atoms with Crippen molar-refractivity contribution in [2.75, 3.05) is 12.4 Å². The van der Waals surface area contributed by atoms with Gasteiger partial charge in [-0.3, -0.25) is 14.9 Å². The molecule has 0 bridgehead atoms. The van der Waals surface area contributed by atoms with Crippen LogP contribution in [0.5, 0.6) is 0 Å². The second-order valence-corrected chi connectivity index (χ2v) is 3.25. The number of nitro benzene ring substituents is 1. The lowest BCUT2D eigenvalue weighted by Crippen LogP contribution is -2.35. The number of nitrogens with one attached hydrogen (secondary N) is 2. The van der Waals surface area contributed by atoms with E-state index in [1.807, 2.05) is 0 Å². The molecular formula is C10H13N3O3. The number of para-hydroxylation sites is 2.